The molecule has 0 aromatic rings. The van der Waals surface area contributed by atoms with Crippen LogP contribution in [-0.4, -0.2) is 46.9 Å². The fourth-order valence-electron chi connectivity index (χ4n) is 0.523. The van der Waals surface area contributed by atoms with Gasteiger partial charge in [-0.15, -0.1) is 10.3 Å². The standard InChI is InChI=1S/C6H11INO4/c7-5-6(10)12-4-2-8(11)1-3-9/h9H,1-5H2. The fourth-order valence-corrected chi connectivity index (χ4v) is 0.743. The Hall–Kier alpha value is 0.0800. The van der Waals surface area contributed by atoms with Crippen LogP contribution in [0.1, 0.15) is 0 Å². The van der Waals surface area contributed by atoms with E-state index in [9.17, 15) is 10.0 Å². The van der Waals surface area contributed by atoms with Crippen molar-refractivity contribution in [3.8, 4) is 0 Å². The molecule has 0 aliphatic heterocycles. The monoisotopic (exact) mass is 288 g/mol. The lowest BCUT2D eigenvalue weighted by atomic mass is 10.6. The number of rotatable bonds is 6. The van der Waals surface area contributed by atoms with Crippen molar-refractivity contribution in [2.24, 2.45) is 0 Å². The van der Waals surface area contributed by atoms with Crippen molar-refractivity contribution in [3.63, 3.8) is 0 Å². The molecular formula is C6H11INO4. The summed E-state index contributed by atoms with van der Waals surface area (Å²) < 4.78 is 4.93. The summed E-state index contributed by atoms with van der Waals surface area (Å²) in [5.74, 6) is -0.326. The molecule has 12 heavy (non-hydrogen) atoms. The van der Waals surface area contributed by atoms with E-state index >= 15 is 0 Å². The first-order chi connectivity index (χ1) is 5.70. The van der Waals surface area contributed by atoms with Gasteiger partial charge in [0.25, 0.3) is 0 Å². The maximum Gasteiger partial charge on any atom is 0.315 e. The van der Waals surface area contributed by atoms with Crippen molar-refractivity contribution in [2.75, 3.05) is 30.7 Å². The number of nitrogens with zero attached hydrogens (tertiary/aromatic N) is 1. The fraction of sp³-hybridized carbons (Fsp3) is 0.833. The summed E-state index contributed by atoms with van der Waals surface area (Å²) in [4.78, 5) is 10.6. The molecule has 6 heteroatoms. The molecule has 71 valence electrons. The maximum absolute atomic E-state index is 10.7. The largest absolute Gasteiger partial charge is 0.464 e. The van der Waals surface area contributed by atoms with Crippen LogP contribution < -0.4 is 0 Å². The molecule has 0 amide bonds. The normalized spacial score (nSPS) is 10.3. The molecule has 5 nitrogen and oxygen atoms in total. The molecule has 0 bridgehead atoms. The highest BCUT2D eigenvalue weighted by Crippen LogP contribution is 1.88. The van der Waals surface area contributed by atoms with Crippen molar-refractivity contribution < 1.29 is 19.8 Å². The van der Waals surface area contributed by atoms with Gasteiger partial charge in [0.15, 0.2) is 0 Å². The molecule has 0 aromatic heterocycles. The summed E-state index contributed by atoms with van der Waals surface area (Å²) in [6, 6.07) is 0. The van der Waals surface area contributed by atoms with Crippen LogP contribution in [0.4, 0.5) is 0 Å². The number of hydrogen-bond donors (Lipinski definition) is 1. The van der Waals surface area contributed by atoms with Gasteiger partial charge in [0.05, 0.1) is 24.1 Å². The van der Waals surface area contributed by atoms with E-state index in [4.69, 9.17) is 5.11 Å². The minimum absolute atomic E-state index is 0.0573. The highest BCUT2D eigenvalue weighted by atomic mass is 127. The van der Waals surface area contributed by atoms with Crippen LogP contribution in [0.25, 0.3) is 0 Å². The quantitative estimate of drug-likeness (QED) is 0.313. The van der Waals surface area contributed by atoms with E-state index in [1.54, 1.807) is 0 Å². The van der Waals surface area contributed by atoms with Crippen LogP contribution in [-0.2, 0) is 14.7 Å². The third-order valence-electron chi connectivity index (χ3n) is 1.06. The number of ether oxygens (including phenoxy) is 1. The molecule has 0 unspecified atom stereocenters. The van der Waals surface area contributed by atoms with Gasteiger partial charge in [-0.25, -0.2) is 0 Å². The first-order valence-corrected chi connectivity index (χ1v) is 4.97. The predicted octanol–water partition coefficient (Wildman–Crippen LogP) is -0.396. The number of hydrogen-bond acceptors (Lipinski definition) is 4. The van der Waals surface area contributed by atoms with E-state index in [-0.39, 0.29) is 36.7 Å². The SMILES string of the molecule is [O]N(CCO)CCOC(=O)CI. The number of hydroxylamine groups is 2. The Kier molecular flexibility index (Phi) is 7.77. The Balaban J connectivity index is 3.24. The van der Waals surface area contributed by atoms with Gasteiger partial charge in [-0.2, -0.15) is 0 Å². The molecule has 0 aromatic carbocycles. The van der Waals surface area contributed by atoms with Gasteiger partial charge in [-0.3, -0.25) is 4.79 Å². The molecule has 1 N–H and O–H groups in total. The summed E-state index contributed by atoms with van der Waals surface area (Å²) in [5.41, 5.74) is 0. The van der Waals surface area contributed by atoms with E-state index in [0.29, 0.717) is 5.06 Å². The van der Waals surface area contributed by atoms with Crippen LogP contribution in [0.3, 0.4) is 0 Å². The summed E-state index contributed by atoms with van der Waals surface area (Å²) in [5, 5.41) is 19.7. The van der Waals surface area contributed by atoms with Crippen molar-refractivity contribution in [2.45, 2.75) is 0 Å². The van der Waals surface area contributed by atoms with E-state index in [1.807, 2.05) is 22.6 Å². The number of esters is 1. The minimum atomic E-state index is -0.326. The van der Waals surface area contributed by atoms with Crippen molar-refractivity contribution in [3.05, 3.63) is 0 Å². The van der Waals surface area contributed by atoms with Gasteiger partial charge < -0.3 is 9.84 Å². The van der Waals surface area contributed by atoms with Crippen LogP contribution in [0.2, 0.25) is 0 Å². The summed E-state index contributed by atoms with van der Waals surface area (Å²) in [6.07, 6.45) is 0. The second-order valence-electron chi connectivity index (χ2n) is 2.01. The number of aliphatic hydroxyl groups is 1. The van der Waals surface area contributed by atoms with Gasteiger partial charge in [-0.05, 0) is 0 Å². The second-order valence-corrected chi connectivity index (χ2v) is 2.77. The maximum atomic E-state index is 10.7. The number of aliphatic hydroxyl groups excluding tert-OH is 1. The molecule has 0 aliphatic carbocycles. The molecule has 0 fully saturated rings. The number of halogens is 1. The average Bonchev–Trinajstić information content (AvgIpc) is 2.04. The number of carbonyl (C=O) groups is 1. The van der Waals surface area contributed by atoms with E-state index in [0.717, 1.165) is 0 Å². The van der Waals surface area contributed by atoms with Crippen molar-refractivity contribution in [1.82, 2.24) is 5.06 Å². The Morgan fingerprint density at radius 1 is 1.50 bits per heavy atom. The Labute approximate surface area is 84.4 Å². The zero-order chi connectivity index (χ0) is 9.40. The zero-order valence-electron chi connectivity index (χ0n) is 6.53. The van der Waals surface area contributed by atoms with Crippen LogP contribution in [0.15, 0.2) is 0 Å². The Morgan fingerprint density at radius 3 is 2.67 bits per heavy atom. The average molecular weight is 288 g/mol. The van der Waals surface area contributed by atoms with Gasteiger partial charge in [0.1, 0.15) is 6.61 Å². The first-order valence-electron chi connectivity index (χ1n) is 3.45. The van der Waals surface area contributed by atoms with E-state index < -0.39 is 0 Å². The number of alkyl halides is 1. The van der Waals surface area contributed by atoms with E-state index in [2.05, 4.69) is 4.74 Å². The molecule has 0 saturated carbocycles. The highest BCUT2D eigenvalue weighted by molar-refractivity contribution is 14.1. The lowest BCUT2D eigenvalue weighted by Crippen LogP contribution is -2.26. The highest BCUT2D eigenvalue weighted by Gasteiger charge is 2.03. The zero-order valence-corrected chi connectivity index (χ0v) is 8.69. The molecule has 1 radical (unpaired) electrons. The summed E-state index contributed by atoms with van der Waals surface area (Å²) in [6.45, 7) is 0.0831. The van der Waals surface area contributed by atoms with Crippen LogP contribution >= 0.6 is 22.6 Å². The number of carbonyl (C=O) groups excluding carboxylic acids is 1. The van der Waals surface area contributed by atoms with Gasteiger partial charge in [-0.1, -0.05) is 22.6 Å². The van der Waals surface area contributed by atoms with Gasteiger partial charge in [0.2, 0.25) is 0 Å². The Morgan fingerprint density at radius 2 is 2.17 bits per heavy atom. The predicted molar refractivity (Wildman–Crippen MR) is 49.2 cm³/mol. The third kappa shape index (κ3) is 6.77. The molecule has 0 saturated heterocycles. The van der Waals surface area contributed by atoms with Crippen LogP contribution in [0, 0.1) is 0 Å². The first kappa shape index (κ1) is 12.1. The molecule has 0 aliphatic rings. The molecule has 0 rings (SSSR count). The third-order valence-corrected chi connectivity index (χ3v) is 1.69. The van der Waals surface area contributed by atoms with Gasteiger partial charge in [0, 0.05) is 0 Å². The van der Waals surface area contributed by atoms with Gasteiger partial charge >= 0.3 is 5.97 Å². The minimum Gasteiger partial charge on any atom is -0.464 e. The smallest absolute Gasteiger partial charge is 0.315 e. The Bertz CT molecular complexity index is 133. The molecule has 0 heterocycles. The molecule has 0 spiro atoms. The van der Waals surface area contributed by atoms with Crippen LogP contribution in [0.5, 0.6) is 0 Å². The van der Waals surface area contributed by atoms with Crippen molar-refractivity contribution in [1.29, 1.82) is 0 Å². The molecule has 0 atom stereocenters. The summed E-state index contributed by atoms with van der Waals surface area (Å²) >= 11 is 1.88. The summed E-state index contributed by atoms with van der Waals surface area (Å²) in [7, 11) is 0. The molecular weight excluding hydrogens is 277 g/mol. The lowest BCUT2D eigenvalue weighted by molar-refractivity contribution is -0.173. The second kappa shape index (κ2) is 7.71. The van der Waals surface area contributed by atoms with Crippen molar-refractivity contribution >= 4 is 28.6 Å². The topological polar surface area (TPSA) is 69.7 Å². The lowest BCUT2D eigenvalue weighted by Gasteiger charge is -2.09. The van der Waals surface area contributed by atoms with E-state index in [1.165, 1.54) is 0 Å².